The van der Waals surface area contributed by atoms with Crippen LogP contribution in [0, 0.1) is 35.0 Å². The molecule has 3 aliphatic rings. The van der Waals surface area contributed by atoms with Crippen molar-refractivity contribution in [3.8, 4) is 0 Å². The summed E-state index contributed by atoms with van der Waals surface area (Å²) in [5, 5.41) is 0. The fourth-order valence-electron chi connectivity index (χ4n) is 11.2. The second-order valence-corrected chi connectivity index (χ2v) is 20.4. The quantitative estimate of drug-likeness (QED) is 0.0875. The molecule has 65 heavy (non-hydrogen) atoms. The Labute approximate surface area is 392 Å². The molecule has 2 saturated heterocycles. The number of hydrogen-bond acceptors (Lipinski definition) is 10. The number of unbranched alkanes of at least 4 members (excludes halogenated alkanes) is 3. The Bertz CT molecular complexity index is 1670. The molecule has 1 aliphatic carbocycles. The molecule has 2 heterocycles. The number of amides is 3. The van der Waals surface area contributed by atoms with Crippen molar-refractivity contribution in [1.29, 1.82) is 0 Å². The van der Waals surface area contributed by atoms with E-state index in [4.69, 9.17) is 19.9 Å². The van der Waals surface area contributed by atoms with Crippen molar-refractivity contribution in [1.82, 2.24) is 19.6 Å². The zero-order chi connectivity index (χ0) is 48.0. The highest BCUT2D eigenvalue weighted by atomic mass is 16.5. The van der Waals surface area contributed by atoms with E-state index in [9.17, 15) is 24.0 Å². The molecule has 1 aromatic rings. The van der Waals surface area contributed by atoms with Gasteiger partial charge in [0.2, 0.25) is 17.7 Å². The van der Waals surface area contributed by atoms with Crippen molar-refractivity contribution in [2.45, 2.75) is 162 Å². The number of nitrogens with zero attached hydrogens (tertiary/aromatic N) is 4. The second-order valence-electron chi connectivity index (χ2n) is 20.4. The third-order valence-corrected chi connectivity index (χ3v) is 15.2. The molecule has 1 aromatic carbocycles. The van der Waals surface area contributed by atoms with Gasteiger partial charge in [-0.2, -0.15) is 0 Å². The average Bonchev–Trinajstić information content (AvgIpc) is 3.82. The number of methoxy groups -OCH3 is 2. The van der Waals surface area contributed by atoms with Gasteiger partial charge in [0.05, 0.1) is 48.8 Å². The smallest absolute Gasteiger partial charge is 0.231 e. The first kappa shape index (κ1) is 54.4. The van der Waals surface area contributed by atoms with Gasteiger partial charge in [0.15, 0.2) is 5.78 Å². The van der Waals surface area contributed by atoms with Crippen LogP contribution in [0.3, 0.4) is 0 Å². The van der Waals surface area contributed by atoms with E-state index in [-0.39, 0.29) is 91.0 Å². The molecular formula is C52H87N5O8. The van der Waals surface area contributed by atoms with Crippen molar-refractivity contribution < 1.29 is 38.2 Å². The van der Waals surface area contributed by atoms with Gasteiger partial charge in [-0.25, -0.2) is 0 Å². The Balaban J connectivity index is 1.48. The van der Waals surface area contributed by atoms with Gasteiger partial charge in [0.25, 0.3) is 0 Å². The highest BCUT2D eigenvalue weighted by Crippen LogP contribution is 2.63. The maximum atomic E-state index is 14.7. The SMILES string of the molecule is CC[C@H](C)[C@@H]([C@@H](CC(=O)N1CCC[C@H]1[C@H](OC)[C@@H](C)C(=O)C[C@@]1(C(=O)N2CCCOC2)C[C@@H]1c1ccccc1)OC)N(C)C(=O)[C@@H](CC(=O)[C@H](C(C)C)N(C)CCCCCCN)C(C)C. The molecule has 3 fully saturated rings. The molecule has 0 unspecified atom stereocenters. The monoisotopic (exact) mass is 910 g/mol. The van der Waals surface area contributed by atoms with Crippen LogP contribution in [0.25, 0.3) is 0 Å². The van der Waals surface area contributed by atoms with Gasteiger partial charge < -0.3 is 34.6 Å². The van der Waals surface area contributed by atoms with Gasteiger partial charge in [-0.3, -0.25) is 28.9 Å². The van der Waals surface area contributed by atoms with Crippen molar-refractivity contribution in [2.24, 2.45) is 40.7 Å². The Morgan fingerprint density at radius 3 is 2.15 bits per heavy atom. The van der Waals surface area contributed by atoms with E-state index in [0.29, 0.717) is 39.1 Å². The minimum absolute atomic E-state index is 0.00793. The Kier molecular flexibility index (Phi) is 21.6. The first-order chi connectivity index (χ1) is 31.0. The number of carbonyl (C=O) groups is 5. The maximum absolute atomic E-state index is 14.7. The van der Waals surface area contributed by atoms with Crippen LogP contribution in [0.4, 0.5) is 0 Å². The second kappa shape index (κ2) is 25.8. The molecule has 1 saturated carbocycles. The Morgan fingerprint density at radius 1 is 0.877 bits per heavy atom. The van der Waals surface area contributed by atoms with E-state index in [1.54, 1.807) is 31.1 Å². The summed E-state index contributed by atoms with van der Waals surface area (Å²) in [5.74, 6) is -1.37. The van der Waals surface area contributed by atoms with Crippen LogP contribution in [-0.4, -0.2) is 147 Å². The van der Waals surface area contributed by atoms with Crippen molar-refractivity contribution in [2.75, 3.05) is 67.8 Å². The number of benzene rings is 1. The average molecular weight is 910 g/mol. The van der Waals surface area contributed by atoms with E-state index >= 15 is 0 Å². The van der Waals surface area contributed by atoms with E-state index in [0.717, 1.165) is 57.1 Å². The number of rotatable bonds is 28. The lowest BCUT2D eigenvalue weighted by Crippen LogP contribution is -2.54. The lowest BCUT2D eigenvalue weighted by Gasteiger charge is -2.41. The third-order valence-electron chi connectivity index (χ3n) is 15.2. The van der Waals surface area contributed by atoms with Crippen molar-refractivity contribution >= 4 is 29.3 Å². The Morgan fingerprint density at radius 2 is 1.57 bits per heavy atom. The Hall–Kier alpha value is -3.23. The number of likely N-dealkylation sites (tertiary alicyclic amines) is 1. The number of nitrogens with two attached hydrogens (primary N) is 1. The summed E-state index contributed by atoms with van der Waals surface area (Å²) < 4.78 is 18.0. The summed E-state index contributed by atoms with van der Waals surface area (Å²) in [4.78, 5) is 79.5. The van der Waals surface area contributed by atoms with Crippen LogP contribution in [-0.2, 0) is 38.2 Å². The number of likely N-dealkylation sites (N-methyl/N-ethyl adjacent to an activating group) is 2. The fourth-order valence-corrected chi connectivity index (χ4v) is 11.2. The minimum atomic E-state index is -0.838. The zero-order valence-corrected chi connectivity index (χ0v) is 42.1. The standard InChI is InChI=1S/C52H87N5O8/c1-12-37(6)48(55(9)50(61)40(35(2)3)30-43(58)47(36(4)5)54(8)26-19-14-13-18-25-53)45(63-10)31-46(60)57-28-20-24-42(57)49(64-11)38(7)44(59)33-52(51(62)56-27-21-29-65-34-56)32-41(52)39-22-16-15-17-23-39/h15-17,22-23,35-38,40-42,45,47-49H,12-14,18-21,24-34,53H2,1-11H3/t37-,38-,40-,41+,42-,45+,47-,48-,49+,52-/m0/s1. The fraction of sp³-hybridized carbons (Fsp3) is 0.788. The normalized spacial score (nSPS) is 23.2. The van der Waals surface area contributed by atoms with Crippen LogP contribution in [0.1, 0.15) is 137 Å². The number of Topliss-reactive ketones (excluding diaryl/α,β-unsaturated/α-hetero) is 2. The molecule has 3 amide bonds. The molecule has 4 rings (SSSR count). The van der Waals surface area contributed by atoms with Gasteiger partial charge in [-0.15, -0.1) is 0 Å². The number of hydrogen-bond donors (Lipinski definition) is 1. The predicted octanol–water partition coefficient (Wildman–Crippen LogP) is 6.95. The molecule has 0 spiro atoms. The molecule has 2 aliphatic heterocycles. The molecular weight excluding hydrogens is 823 g/mol. The molecule has 0 bridgehead atoms. The van der Waals surface area contributed by atoms with Gasteiger partial charge in [-0.1, -0.05) is 98.1 Å². The summed E-state index contributed by atoms with van der Waals surface area (Å²) in [5.41, 5.74) is 5.91. The lowest BCUT2D eigenvalue weighted by molar-refractivity contribution is -0.150. The van der Waals surface area contributed by atoms with Crippen LogP contribution in [0.2, 0.25) is 0 Å². The molecule has 368 valence electrons. The van der Waals surface area contributed by atoms with Crippen LogP contribution in [0.15, 0.2) is 30.3 Å². The van der Waals surface area contributed by atoms with Gasteiger partial charge in [-0.05, 0) is 87.9 Å². The maximum Gasteiger partial charge on any atom is 0.231 e. The molecule has 2 N–H and O–H groups in total. The van der Waals surface area contributed by atoms with Crippen LogP contribution in [0.5, 0.6) is 0 Å². The topological polar surface area (TPSA) is 152 Å². The number of ether oxygens (including phenoxy) is 3. The van der Waals surface area contributed by atoms with Crippen molar-refractivity contribution in [3.05, 3.63) is 35.9 Å². The summed E-state index contributed by atoms with van der Waals surface area (Å²) in [6, 6.07) is 8.92. The largest absolute Gasteiger partial charge is 0.379 e. The van der Waals surface area contributed by atoms with E-state index in [1.807, 2.05) is 63.1 Å². The van der Waals surface area contributed by atoms with Crippen LogP contribution >= 0.6 is 0 Å². The highest BCUT2D eigenvalue weighted by Gasteiger charge is 2.63. The molecule has 0 aromatic heterocycles. The summed E-state index contributed by atoms with van der Waals surface area (Å²) >= 11 is 0. The van der Waals surface area contributed by atoms with E-state index in [1.165, 1.54) is 0 Å². The van der Waals surface area contributed by atoms with Gasteiger partial charge in [0.1, 0.15) is 12.5 Å². The summed E-state index contributed by atoms with van der Waals surface area (Å²) in [6.45, 7) is 17.7. The number of carbonyl (C=O) groups excluding carboxylic acids is 5. The highest BCUT2D eigenvalue weighted by molar-refractivity contribution is 5.94. The first-order valence-corrected chi connectivity index (χ1v) is 25.0. The predicted molar refractivity (Wildman–Crippen MR) is 256 cm³/mol. The molecule has 0 radical (unpaired) electrons. The first-order valence-electron chi connectivity index (χ1n) is 25.0. The van der Waals surface area contributed by atoms with Crippen molar-refractivity contribution in [3.63, 3.8) is 0 Å². The summed E-state index contributed by atoms with van der Waals surface area (Å²) in [6.07, 6.45) is 6.81. The van der Waals surface area contributed by atoms with E-state index < -0.39 is 35.5 Å². The zero-order valence-electron chi connectivity index (χ0n) is 42.1. The molecule has 13 heteroatoms. The van der Waals surface area contributed by atoms with Gasteiger partial charge in [0, 0.05) is 59.0 Å². The van der Waals surface area contributed by atoms with Gasteiger partial charge >= 0.3 is 0 Å². The van der Waals surface area contributed by atoms with Crippen LogP contribution < -0.4 is 5.73 Å². The summed E-state index contributed by atoms with van der Waals surface area (Å²) in [7, 11) is 7.02. The van der Waals surface area contributed by atoms with E-state index in [2.05, 4.69) is 32.6 Å². The molecule has 13 nitrogen and oxygen atoms in total. The third kappa shape index (κ3) is 13.7. The number of ketones is 2. The lowest BCUT2D eigenvalue weighted by atomic mass is 9.83. The molecule has 10 atom stereocenters. The minimum Gasteiger partial charge on any atom is -0.379 e.